The smallest absolute Gasteiger partial charge is 0.315 e. The van der Waals surface area contributed by atoms with Crippen molar-refractivity contribution in [3.05, 3.63) is 35.9 Å². The zero-order valence-corrected chi connectivity index (χ0v) is 10.8. The summed E-state index contributed by atoms with van der Waals surface area (Å²) in [4.78, 5) is 11.6. The molecule has 100 valence electrons. The summed E-state index contributed by atoms with van der Waals surface area (Å²) in [5, 5.41) is 9.51. The molecule has 1 aromatic rings. The van der Waals surface area contributed by atoms with Gasteiger partial charge in [0.15, 0.2) is 0 Å². The van der Waals surface area contributed by atoms with Crippen LogP contribution in [0, 0.1) is 0 Å². The molecule has 4 heteroatoms. The first-order valence-electron chi connectivity index (χ1n) is 6.24. The first-order valence-corrected chi connectivity index (χ1v) is 6.24. The predicted octanol–water partition coefficient (Wildman–Crippen LogP) is 1.78. The Morgan fingerprint density at radius 1 is 1.39 bits per heavy atom. The number of hydrogen-bond donors (Lipinski definition) is 2. The van der Waals surface area contributed by atoms with Crippen molar-refractivity contribution in [3.63, 3.8) is 0 Å². The van der Waals surface area contributed by atoms with E-state index in [-0.39, 0.29) is 6.54 Å². The van der Waals surface area contributed by atoms with Crippen LogP contribution in [0.4, 0.5) is 0 Å². The zero-order chi connectivity index (χ0) is 13.4. The molecule has 0 saturated carbocycles. The maximum absolute atomic E-state index is 11.6. The van der Waals surface area contributed by atoms with Crippen LogP contribution in [-0.2, 0) is 14.9 Å². The van der Waals surface area contributed by atoms with Gasteiger partial charge in [0.2, 0.25) is 0 Å². The average Bonchev–Trinajstić information content (AvgIpc) is 2.40. The topological polar surface area (TPSA) is 72.5 Å². The Bertz CT molecular complexity index is 367. The number of aliphatic carboxylic acids is 1. The number of nitrogens with two attached hydrogens (primary N) is 1. The Kier molecular flexibility index (Phi) is 5.82. The summed E-state index contributed by atoms with van der Waals surface area (Å²) in [6, 6.07) is 9.19. The van der Waals surface area contributed by atoms with E-state index in [1.807, 2.05) is 37.3 Å². The lowest BCUT2D eigenvalue weighted by molar-refractivity contribution is -0.144. The Morgan fingerprint density at radius 2 is 2.06 bits per heavy atom. The lowest BCUT2D eigenvalue weighted by Gasteiger charge is -2.28. The average molecular weight is 251 g/mol. The summed E-state index contributed by atoms with van der Waals surface area (Å²) in [7, 11) is 0. The first kappa shape index (κ1) is 14.7. The molecule has 0 bridgehead atoms. The van der Waals surface area contributed by atoms with Gasteiger partial charge in [0, 0.05) is 19.8 Å². The normalized spacial score (nSPS) is 14.1. The van der Waals surface area contributed by atoms with Crippen LogP contribution in [0.2, 0.25) is 0 Å². The van der Waals surface area contributed by atoms with Crippen LogP contribution >= 0.6 is 0 Å². The van der Waals surface area contributed by atoms with Gasteiger partial charge in [0.1, 0.15) is 5.41 Å². The van der Waals surface area contributed by atoms with E-state index in [0.717, 1.165) is 5.56 Å². The van der Waals surface area contributed by atoms with E-state index < -0.39 is 11.4 Å². The minimum Gasteiger partial charge on any atom is -0.481 e. The van der Waals surface area contributed by atoms with Gasteiger partial charge in [0.05, 0.1) is 0 Å². The molecule has 1 atom stereocenters. The van der Waals surface area contributed by atoms with Crippen LogP contribution in [0.15, 0.2) is 30.3 Å². The van der Waals surface area contributed by atoms with E-state index in [1.54, 1.807) is 0 Å². The van der Waals surface area contributed by atoms with E-state index in [1.165, 1.54) is 0 Å². The monoisotopic (exact) mass is 251 g/mol. The summed E-state index contributed by atoms with van der Waals surface area (Å²) in [6.45, 7) is 3.23. The summed E-state index contributed by atoms with van der Waals surface area (Å²) < 4.78 is 5.26. The maximum atomic E-state index is 11.6. The molecule has 1 aromatic carbocycles. The second kappa shape index (κ2) is 7.13. The van der Waals surface area contributed by atoms with Gasteiger partial charge in [-0.15, -0.1) is 0 Å². The number of benzene rings is 1. The van der Waals surface area contributed by atoms with E-state index in [2.05, 4.69) is 0 Å². The Balaban J connectivity index is 2.85. The molecule has 18 heavy (non-hydrogen) atoms. The third kappa shape index (κ3) is 3.31. The Morgan fingerprint density at radius 3 is 2.56 bits per heavy atom. The number of carboxylic acid groups (broad SMARTS) is 1. The summed E-state index contributed by atoms with van der Waals surface area (Å²) in [5.74, 6) is -0.868. The van der Waals surface area contributed by atoms with Crippen LogP contribution in [0.3, 0.4) is 0 Å². The van der Waals surface area contributed by atoms with Gasteiger partial charge < -0.3 is 15.6 Å². The minimum absolute atomic E-state index is 0.0957. The van der Waals surface area contributed by atoms with Crippen LogP contribution in [0.25, 0.3) is 0 Å². The number of rotatable bonds is 8. The van der Waals surface area contributed by atoms with Crippen LogP contribution in [-0.4, -0.2) is 30.8 Å². The van der Waals surface area contributed by atoms with Gasteiger partial charge in [-0.25, -0.2) is 0 Å². The zero-order valence-electron chi connectivity index (χ0n) is 10.8. The van der Waals surface area contributed by atoms with Gasteiger partial charge >= 0.3 is 5.97 Å². The van der Waals surface area contributed by atoms with E-state index in [9.17, 15) is 9.90 Å². The highest BCUT2D eigenvalue weighted by Gasteiger charge is 2.38. The molecule has 0 fully saturated rings. The summed E-state index contributed by atoms with van der Waals surface area (Å²) in [5.41, 5.74) is 5.49. The van der Waals surface area contributed by atoms with Crippen molar-refractivity contribution in [2.45, 2.75) is 25.2 Å². The molecule has 0 radical (unpaired) electrons. The fourth-order valence-electron chi connectivity index (χ4n) is 2.06. The van der Waals surface area contributed by atoms with Crippen LogP contribution < -0.4 is 5.73 Å². The largest absolute Gasteiger partial charge is 0.481 e. The van der Waals surface area contributed by atoms with Gasteiger partial charge in [-0.1, -0.05) is 30.3 Å². The molecule has 4 nitrogen and oxygen atoms in total. The lowest BCUT2D eigenvalue weighted by atomic mass is 9.77. The molecule has 0 spiro atoms. The highest BCUT2D eigenvalue weighted by Crippen LogP contribution is 2.29. The standard InChI is InChI=1S/C14H21NO3/c1-2-18-10-6-9-14(11-15,13(16)17)12-7-4-3-5-8-12/h3-5,7-8H,2,6,9-11,15H2,1H3,(H,16,17). The number of hydrogen-bond acceptors (Lipinski definition) is 3. The maximum Gasteiger partial charge on any atom is 0.315 e. The predicted molar refractivity (Wildman–Crippen MR) is 70.5 cm³/mol. The van der Waals surface area contributed by atoms with Gasteiger partial charge in [-0.2, -0.15) is 0 Å². The second-order valence-electron chi connectivity index (χ2n) is 4.26. The van der Waals surface area contributed by atoms with Gasteiger partial charge in [-0.05, 0) is 25.3 Å². The Hall–Kier alpha value is -1.39. The molecule has 0 aliphatic rings. The van der Waals surface area contributed by atoms with Crippen molar-refractivity contribution >= 4 is 5.97 Å². The number of carboxylic acids is 1. The summed E-state index contributed by atoms with van der Waals surface area (Å²) >= 11 is 0. The molecule has 0 heterocycles. The molecule has 0 aliphatic heterocycles. The molecule has 1 unspecified atom stereocenters. The second-order valence-corrected chi connectivity index (χ2v) is 4.26. The third-order valence-corrected chi connectivity index (χ3v) is 3.18. The lowest BCUT2D eigenvalue weighted by Crippen LogP contribution is -2.43. The molecular formula is C14H21NO3. The van der Waals surface area contributed by atoms with Gasteiger partial charge in [-0.3, -0.25) is 4.79 Å². The quantitative estimate of drug-likeness (QED) is 0.691. The Labute approximate surface area is 108 Å². The molecule has 0 aliphatic carbocycles. The molecular weight excluding hydrogens is 230 g/mol. The van der Waals surface area contributed by atoms with Crippen molar-refractivity contribution in [2.75, 3.05) is 19.8 Å². The molecule has 0 amide bonds. The molecule has 3 N–H and O–H groups in total. The number of ether oxygens (including phenoxy) is 1. The fraction of sp³-hybridized carbons (Fsp3) is 0.500. The van der Waals surface area contributed by atoms with Crippen LogP contribution in [0.5, 0.6) is 0 Å². The van der Waals surface area contributed by atoms with Gasteiger partial charge in [0.25, 0.3) is 0 Å². The van der Waals surface area contributed by atoms with E-state index >= 15 is 0 Å². The van der Waals surface area contributed by atoms with Crippen molar-refractivity contribution < 1.29 is 14.6 Å². The SMILES string of the molecule is CCOCCCC(CN)(C(=O)O)c1ccccc1. The fourth-order valence-corrected chi connectivity index (χ4v) is 2.06. The van der Waals surface area contributed by atoms with Crippen LogP contribution in [0.1, 0.15) is 25.3 Å². The summed E-state index contributed by atoms with van der Waals surface area (Å²) in [6.07, 6.45) is 1.18. The minimum atomic E-state index is -1.00. The molecule has 1 rings (SSSR count). The molecule has 0 saturated heterocycles. The molecule has 0 aromatic heterocycles. The highest BCUT2D eigenvalue weighted by atomic mass is 16.5. The highest BCUT2D eigenvalue weighted by molar-refractivity contribution is 5.81. The van der Waals surface area contributed by atoms with Crippen molar-refractivity contribution in [1.82, 2.24) is 0 Å². The van der Waals surface area contributed by atoms with Crippen molar-refractivity contribution in [2.24, 2.45) is 5.73 Å². The number of carbonyl (C=O) groups is 1. The van der Waals surface area contributed by atoms with Crippen molar-refractivity contribution in [3.8, 4) is 0 Å². The first-order chi connectivity index (χ1) is 8.67. The van der Waals surface area contributed by atoms with E-state index in [0.29, 0.717) is 26.1 Å². The van der Waals surface area contributed by atoms with Crippen molar-refractivity contribution in [1.29, 1.82) is 0 Å². The van der Waals surface area contributed by atoms with E-state index in [4.69, 9.17) is 10.5 Å². The third-order valence-electron chi connectivity index (χ3n) is 3.18.